The van der Waals surface area contributed by atoms with E-state index in [4.69, 9.17) is 14.2 Å². The van der Waals surface area contributed by atoms with E-state index in [2.05, 4.69) is 124 Å². The monoisotopic (exact) mass is 999 g/mol. The maximum atomic E-state index is 12.8. The molecule has 0 aliphatic rings. The minimum absolute atomic E-state index is 0.109. The summed E-state index contributed by atoms with van der Waals surface area (Å²) in [6.07, 6.45) is 81.0. The molecule has 0 saturated heterocycles. The predicted octanol–water partition coefficient (Wildman–Crippen LogP) is 20.3. The van der Waals surface area contributed by atoms with Crippen LogP contribution in [0.25, 0.3) is 0 Å². The topological polar surface area (TPSA) is 78.9 Å². The van der Waals surface area contributed by atoms with Crippen molar-refractivity contribution in [2.24, 2.45) is 0 Å². The van der Waals surface area contributed by atoms with E-state index >= 15 is 0 Å². The summed E-state index contributed by atoms with van der Waals surface area (Å²) in [5, 5.41) is 0. The van der Waals surface area contributed by atoms with E-state index in [0.717, 1.165) is 89.9 Å². The van der Waals surface area contributed by atoms with Crippen molar-refractivity contribution in [2.75, 3.05) is 13.2 Å². The molecule has 6 nitrogen and oxygen atoms in total. The Morgan fingerprint density at radius 2 is 0.569 bits per heavy atom. The zero-order valence-electron chi connectivity index (χ0n) is 46.9. The summed E-state index contributed by atoms with van der Waals surface area (Å²) >= 11 is 0. The van der Waals surface area contributed by atoms with Crippen LogP contribution >= 0.6 is 0 Å². The van der Waals surface area contributed by atoms with Gasteiger partial charge in [0.05, 0.1) is 0 Å². The number of hydrogen-bond acceptors (Lipinski definition) is 6. The molecule has 0 fully saturated rings. The molecular formula is C66H110O6. The number of ether oxygens (including phenoxy) is 3. The molecule has 0 aliphatic carbocycles. The largest absolute Gasteiger partial charge is 0.462 e. The lowest BCUT2D eigenvalue weighted by atomic mass is 10.1. The quantitative estimate of drug-likeness (QED) is 0.0261. The van der Waals surface area contributed by atoms with Crippen LogP contribution in [0.1, 0.15) is 271 Å². The number of hydrogen-bond donors (Lipinski definition) is 0. The first-order chi connectivity index (χ1) is 35.5. The van der Waals surface area contributed by atoms with Crippen LogP contribution in [-0.2, 0) is 28.6 Å². The van der Waals surface area contributed by atoms with Gasteiger partial charge in [0.1, 0.15) is 13.2 Å². The Hall–Kier alpha value is -3.93. The van der Waals surface area contributed by atoms with E-state index in [9.17, 15) is 14.4 Å². The molecule has 410 valence electrons. The zero-order chi connectivity index (χ0) is 52.2. The van der Waals surface area contributed by atoms with Gasteiger partial charge in [-0.15, -0.1) is 0 Å². The van der Waals surface area contributed by atoms with Crippen molar-refractivity contribution in [1.29, 1.82) is 0 Å². The highest BCUT2D eigenvalue weighted by molar-refractivity contribution is 5.71. The first kappa shape index (κ1) is 68.1. The number of esters is 3. The van der Waals surface area contributed by atoms with Crippen molar-refractivity contribution in [3.05, 3.63) is 109 Å². The van der Waals surface area contributed by atoms with E-state index in [1.807, 2.05) is 6.08 Å². The molecule has 1 atom stereocenters. The third-order valence-electron chi connectivity index (χ3n) is 12.5. The highest BCUT2D eigenvalue weighted by Gasteiger charge is 2.19. The van der Waals surface area contributed by atoms with Crippen LogP contribution in [0.4, 0.5) is 0 Å². The van der Waals surface area contributed by atoms with Gasteiger partial charge in [-0.3, -0.25) is 14.4 Å². The molecule has 0 spiro atoms. The molecule has 0 aromatic heterocycles. The Labute approximate surface area is 444 Å². The van der Waals surface area contributed by atoms with Gasteiger partial charge < -0.3 is 14.2 Å². The zero-order valence-corrected chi connectivity index (χ0v) is 46.9. The summed E-state index contributed by atoms with van der Waals surface area (Å²) in [5.41, 5.74) is 0. The average molecular weight is 1000 g/mol. The highest BCUT2D eigenvalue weighted by atomic mass is 16.6. The molecule has 0 heterocycles. The summed E-state index contributed by atoms with van der Waals surface area (Å²) in [6.45, 7) is 6.44. The molecule has 0 rings (SSSR count). The second kappa shape index (κ2) is 59.6. The van der Waals surface area contributed by atoms with Crippen LogP contribution in [0.15, 0.2) is 109 Å². The number of allylic oxidation sites excluding steroid dienone is 18. The second-order valence-corrected chi connectivity index (χ2v) is 19.5. The van der Waals surface area contributed by atoms with E-state index in [-0.39, 0.29) is 31.6 Å². The molecule has 0 aromatic rings. The van der Waals surface area contributed by atoms with Crippen LogP contribution in [0.5, 0.6) is 0 Å². The van der Waals surface area contributed by atoms with Crippen molar-refractivity contribution < 1.29 is 28.6 Å². The molecule has 6 heteroatoms. The standard InChI is InChI=1S/C66H110O6/c1-4-7-10-13-16-19-22-24-26-28-30-31-32-33-34-35-37-38-40-42-44-47-50-53-56-59-65(68)71-62-63(61-70-64(67)58-55-52-49-46-21-18-15-12-9-6-3)72-66(69)60-57-54-51-48-45-43-41-39-36-29-27-25-23-20-17-14-11-8-5-2/h8,11,17,20,22,24-25,27-28,30,32-33,36,39,43,45,51,54,63H,4-7,9-10,12-16,18-19,21,23,26,29,31,34-35,37-38,40-42,44,46-50,52-53,55-62H2,1-3H3/b11-8-,20-17-,24-22-,27-25-,30-28-,33-32-,39-36-,45-43-,54-51-. The molecule has 0 radical (unpaired) electrons. The number of carbonyl (C=O) groups excluding carboxylic acids is 3. The third kappa shape index (κ3) is 57.0. The van der Waals surface area contributed by atoms with E-state index in [1.54, 1.807) is 0 Å². The van der Waals surface area contributed by atoms with Crippen molar-refractivity contribution in [1.82, 2.24) is 0 Å². The Kier molecular flexibility index (Phi) is 56.4. The van der Waals surface area contributed by atoms with E-state index in [1.165, 1.54) is 135 Å². The maximum absolute atomic E-state index is 12.8. The molecule has 0 N–H and O–H groups in total. The minimum Gasteiger partial charge on any atom is -0.462 e. The van der Waals surface area contributed by atoms with Crippen LogP contribution in [0, 0.1) is 0 Å². The first-order valence-electron chi connectivity index (χ1n) is 29.9. The molecule has 0 amide bonds. The summed E-state index contributed by atoms with van der Waals surface area (Å²) < 4.78 is 16.8. The summed E-state index contributed by atoms with van der Waals surface area (Å²) in [7, 11) is 0. The van der Waals surface area contributed by atoms with Gasteiger partial charge in [0.2, 0.25) is 0 Å². The van der Waals surface area contributed by atoms with Gasteiger partial charge in [0, 0.05) is 19.3 Å². The molecule has 0 bridgehead atoms. The van der Waals surface area contributed by atoms with Gasteiger partial charge in [-0.25, -0.2) is 0 Å². The molecular weight excluding hydrogens is 889 g/mol. The smallest absolute Gasteiger partial charge is 0.306 e. The Balaban J connectivity index is 4.37. The number of rotatable bonds is 53. The molecule has 1 unspecified atom stereocenters. The van der Waals surface area contributed by atoms with Crippen molar-refractivity contribution in [3.8, 4) is 0 Å². The predicted molar refractivity (Wildman–Crippen MR) is 311 cm³/mol. The molecule has 72 heavy (non-hydrogen) atoms. The SMILES string of the molecule is CC/C=C\C/C=C\C/C=C\C/C=C\C/C=C\C/C=C\CCC(=O)OC(COC(=O)CCCCCCCCCCCC)COC(=O)CCCCCCCCCCCC/C=C\C/C=C\C/C=C\CCCCCCC. The third-order valence-corrected chi connectivity index (χ3v) is 12.5. The Morgan fingerprint density at radius 3 is 0.903 bits per heavy atom. The summed E-state index contributed by atoms with van der Waals surface area (Å²) in [6, 6.07) is 0. The molecule has 0 saturated carbocycles. The molecule has 0 aromatic carbocycles. The van der Waals surface area contributed by atoms with E-state index in [0.29, 0.717) is 19.3 Å². The summed E-state index contributed by atoms with van der Waals surface area (Å²) in [5.74, 6) is -0.998. The van der Waals surface area contributed by atoms with Crippen molar-refractivity contribution in [3.63, 3.8) is 0 Å². The van der Waals surface area contributed by atoms with Gasteiger partial charge in [-0.2, -0.15) is 0 Å². The fourth-order valence-corrected chi connectivity index (χ4v) is 8.06. The van der Waals surface area contributed by atoms with Gasteiger partial charge in [-0.05, 0) is 96.3 Å². The number of unbranched alkanes of at least 4 members (excludes halogenated alkanes) is 24. The fraction of sp³-hybridized carbons (Fsp3) is 0.682. The average Bonchev–Trinajstić information content (AvgIpc) is 3.38. The van der Waals surface area contributed by atoms with Crippen LogP contribution in [-0.4, -0.2) is 37.2 Å². The lowest BCUT2D eigenvalue weighted by molar-refractivity contribution is -0.166. The van der Waals surface area contributed by atoms with Gasteiger partial charge in [0.15, 0.2) is 6.10 Å². The van der Waals surface area contributed by atoms with Crippen molar-refractivity contribution >= 4 is 17.9 Å². The lowest BCUT2D eigenvalue weighted by Gasteiger charge is -2.18. The van der Waals surface area contributed by atoms with Crippen LogP contribution < -0.4 is 0 Å². The highest BCUT2D eigenvalue weighted by Crippen LogP contribution is 2.15. The van der Waals surface area contributed by atoms with Crippen LogP contribution in [0.3, 0.4) is 0 Å². The minimum atomic E-state index is -0.820. The maximum Gasteiger partial charge on any atom is 0.306 e. The van der Waals surface area contributed by atoms with Gasteiger partial charge >= 0.3 is 17.9 Å². The lowest BCUT2D eigenvalue weighted by Crippen LogP contribution is -2.30. The first-order valence-corrected chi connectivity index (χ1v) is 29.9. The van der Waals surface area contributed by atoms with Crippen LogP contribution in [0.2, 0.25) is 0 Å². The van der Waals surface area contributed by atoms with E-state index < -0.39 is 12.1 Å². The summed E-state index contributed by atoms with van der Waals surface area (Å²) in [4.78, 5) is 38.1. The second-order valence-electron chi connectivity index (χ2n) is 19.5. The number of carbonyl (C=O) groups is 3. The fourth-order valence-electron chi connectivity index (χ4n) is 8.06. The Morgan fingerprint density at radius 1 is 0.292 bits per heavy atom. The molecule has 0 aliphatic heterocycles. The van der Waals surface area contributed by atoms with Crippen molar-refractivity contribution in [2.45, 2.75) is 277 Å². The van der Waals surface area contributed by atoms with Gasteiger partial charge in [0.25, 0.3) is 0 Å². The normalized spacial score (nSPS) is 12.9. The Bertz CT molecular complexity index is 1470. The van der Waals surface area contributed by atoms with Gasteiger partial charge in [-0.1, -0.05) is 265 Å².